The summed E-state index contributed by atoms with van der Waals surface area (Å²) in [6, 6.07) is 3.96. The molecule has 0 unspecified atom stereocenters. The summed E-state index contributed by atoms with van der Waals surface area (Å²) in [5.41, 5.74) is -1.11. The number of aryl methyl sites for hydroxylation is 1. The smallest absolute Gasteiger partial charge is 0.398 e. The monoisotopic (exact) mass is 368 g/mol. The zero-order valence-corrected chi connectivity index (χ0v) is 17.5. The lowest BCUT2D eigenvalue weighted by atomic mass is 9.83. The highest BCUT2D eigenvalue weighted by molar-refractivity contribution is 7.13. The molecular weight excluding hydrogens is 338 g/mol. The maximum Gasteiger partial charge on any atom is 0.525 e. The highest BCUT2D eigenvalue weighted by Crippen LogP contribution is 2.41. The van der Waals surface area contributed by atoms with Gasteiger partial charge < -0.3 is 14.0 Å². The first-order chi connectivity index (χ1) is 11.3. The van der Waals surface area contributed by atoms with Crippen LogP contribution >= 0.6 is 11.3 Å². The van der Waals surface area contributed by atoms with Crippen LogP contribution in [0.3, 0.4) is 0 Å². The van der Waals surface area contributed by atoms with Crippen molar-refractivity contribution in [2.45, 2.75) is 78.6 Å². The van der Waals surface area contributed by atoms with Crippen LogP contribution in [0.2, 0.25) is 0 Å². The fourth-order valence-electron chi connectivity index (χ4n) is 2.51. The molecule has 0 aliphatic carbocycles. The summed E-state index contributed by atoms with van der Waals surface area (Å²) in [4.78, 5) is 2.05. The van der Waals surface area contributed by atoms with E-state index in [0.29, 0.717) is 18.6 Å². The van der Waals surface area contributed by atoms with Gasteiger partial charge in [-0.05, 0) is 79.5 Å². The number of halogens is 1. The lowest BCUT2D eigenvalue weighted by Crippen LogP contribution is -2.41. The van der Waals surface area contributed by atoms with Gasteiger partial charge in [0.1, 0.15) is 5.73 Å². The molecule has 1 aliphatic heterocycles. The Morgan fingerprint density at radius 3 is 2.16 bits per heavy atom. The van der Waals surface area contributed by atoms with E-state index < -0.39 is 18.3 Å². The summed E-state index contributed by atoms with van der Waals surface area (Å²) in [5.74, 6) is 0. The van der Waals surface area contributed by atoms with Crippen LogP contribution in [0.25, 0.3) is 5.57 Å². The molecule has 1 fully saturated rings. The Hall–Kier alpha value is -0.685. The number of hydrogen-bond donors (Lipinski definition) is 0. The van der Waals surface area contributed by atoms with Crippen molar-refractivity contribution in [1.29, 1.82) is 0 Å². The van der Waals surface area contributed by atoms with E-state index in [1.165, 1.54) is 0 Å². The summed E-state index contributed by atoms with van der Waals surface area (Å²) in [5, 5.41) is 0. The zero-order chi connectivity index (χ0) is 19.0. The Labute approximate surface area is 155 Å². The van der Waals surface area contributed by atoms with Crippen molar-refractivity contribution in [1.82, 2.24) is 0 Å². The van der Waals surface area contributed by atoms with Gasteiger partial charge in [0.25, 0.3) is 0 Å². The van der Waals surface area contributed by atoms with E-state index in [9.17, 15) is 0 Å². The molecule has 3 nitrogen and oxygen atoms in total. The average molecular weight is 368 g/mol. The Bertz CT molecular complexity index is 627. The molecule has 0 spiro atoms. The van der Waals surface area contributed by atoms with Crippen molar-refractivity contribution >= 4 is 24.0 Å². The van der Waals surface area contributed by atoms with Crippen LogP contribution < -0.4 is 0 Å². The van der Waals surface area contributed by atoms with E-state index in [-0.39, 0.29) is 11.3 Å². The lowest BCUT2D eigenvalue weighted by Gasteiger charge is -2.32. The first-order valence-electron chi connectivity index (χ1n) is 8.77. The Kier molecular flexibility index (Phi) is 5.89. The molecule has 0 aromatic carbocycles. The van der Waals surface area contributed by atoms with Gasteiger partial charge >= 0.3 is 7.12 Å². The van der Waals surface area contributed by atoms with Crippen LogP contribution in [-0.2, 0) is 14.0 Å². The molecule has 140 valence electrons. The highest BCUT2D eigenvalue weighted by atomic mass is 32.1. The highest BCUT2D eigenvalue weighted by Gasteiger charge is 2.53. The summed E-state index contributed by atoms with van der Waals surface area (Å²) >= 11 is 1.58. The van der Waals surface area contributed by atoms with Crippen LogP contribution in [0.5, 0.6) is 0 Å². The second-order valence-corrected chi connectivity index (χ2v) is 9.82. The van der Waals surface area contributed by atoms with Crippen molar-refractivity contribution in [3.8, 4) is 0 Å². The van der Waals surface area contributed by atoms with Gasteiger partial charge in [-0.1, -0.05) is 0 Å². The molecular formula is C19H30BFO3S. The first kappa shape index (κ1) is 20.6. The molecule has 2 heterocycles. The van der Waals surface area contributed by atoms with Crippen LogP contribution in [0.1, 0.15) is 64.6 Å². The summed E-state index contributed by atoms with van der Waals surface area (Å²) < 4.78 is 32.9. The Morgan fingerprint density at radius 1 is 1.16 bits per heavy atom. The molecule has 25 heavy (non-hydrogen) atoms. The van der Waals surface area contributed by atoms with Crippen LogP contribution in [0.15, 0.2) is 17.9 Å². The van der Waals surface area contributed by atoms with Crippen molar-refractivity contribution < 1.29 is 18.4 Å². The van der Waals surface area contributed by atoms with E-state index in [1.54, 1.807) is 11.3 Å². The molecule has 1 aromatic heterocycles. The molecule has 0 bridgehead atoms. The number of thiophene rings is 1. The van der Waals surface area contributed by atoms with Gasteiger partial charge in [-0.15, -0.1) is 11.3 Å². The van der Waals surface area contributed by atoms with Gasteiger partial charge in [-0.2, -0.15) is 0 Å². The molecule has 0 saturated carbocycles. The third kappa shape index (κ3) is 4.94. The van der Waals surface area contributed by atoms with E-state index in [2.05, 4.69) is 0 Å². The first-order valence-corrected chi connectivity index (χ1v) is 9.59. The van der Waals surface area contributed by atoms with Crippen LogP contribution in [0, 0.1) is 6.92 Å². The number of ether oxygens (including phenoxy) is 1. The minimum Gasteiger partial charge on any atom is -0.398 e. The molecule has 1 aromatic rings. The predicted molar refractivity (Wildman–Crippen MR) is 103 cm³/mol. The number of hydrogen-bond acceptors (Lipinski definition) is 4. The fourth-order valence-corrected chi connectivity index (χ4v) is 3.45. The Balaban J connectivity index is 2.28. The minimum atomic E-state index is -0.975. The van der Waals surface area contributed by atoms with E-state index in [1.807, 2.05) is 67.5 Å². The molecule has 2 rings (SSSR count). The normalized spacial score (nSPS) is 20.8. The van der Waals surface area contributed by atoms with Crippen LogP contribution in [0.4, 0.5) is 4.39 Å². The minimum absolute atomic E-state index is 0.253. The van der Waals surface area contributed by atoms with Gasteiger partial charge in [0, 0.05) is 9.75 Å². The van der Waals surface area contributed by atoms with Crippen molar-refractivity contribution in [3.05, 3.63) is 27.6 Å². The zero-order valence-electron chi connectivity index (χ0n) is 16.7. The van der Waals surface area contributed by atoms with Crippen molar-refractivity contribution in [2.24, 2.45) is 0 Å². The summed E-state index contributed by atoms with van der Waals surface area (Å²) in [6.45, 7) is 16.2. The average Bonchev–Trinajstić information content (AvgIpc) is 2.95. The maximum absolute atomic E-state index is 15.4. The van der Waals surface area contributed by atoms with E-state index in [0.717, 1.165) is 9.75 Å². The van der Waals surface area contributed by atoms with E-state index >= 15 is 4.39 Å². The van der Waals surface area contributed by atoms with Crippen LogP contribution in [-0.4, -0.2) is 30.5 Å². The molecule has 1 aliphatic rings. The van der Waals surface area contributed by atoms with Gasteiger partial charge in [-0.25, -0.2) is 4.39 Å². The fraction of sp³-hybridized carbons (Fsp3) is 0.684. The molecule has 0 atom stereocenters. The third-order valence-corrected chi connectivity index (χ3v) is 5.73. The topological polar surface area (TPSA) is 27.7 Å². The summed E-state index contributed by atoms with van der Waals surface area (Å²) in [7, 11) is -0.975. The predicted octanol–water partition coefficient (Wildman–Crippen LogP) is 5.57. The molecule has 0 amide bonds. The second-order valence-electron chi connectivity index (χ2n) is 8.54. The van der Waals surface area contributed by atoms with Crippen molar-refractivity contribution in [2.75, 3.05) is 6.61 Å². The molecule has 0 N–H and O–H groups in total. The molecule has 1 saturated heterocycles. The standard InChI is InChI=1S/C19H30BFO3S/c1-13-9-10-15(25-13)14(11-12-22-17(2,3)4)16(21)20-23-18(5,6)19(7,8)24-20/h9-10H,11-12H2,1-8H3. The van der Waals surface area contributed by atoms with Crippen molar-refractivity contribution in [3.63, 3.8) is 0 Å². The van der Waals surface area contributed by atoms with Gasteiger partial charge in [0.2, 0.25) is 0 Å². The van der Waals surface area contributed by atoms with E-state index in [4.69, 9.17) is 14.0 Å². The Morgan fingerprint density at radius 2 is 1.72 bits per heavy atom. The van der Waals surface area contributed by atoms with Gasteiger partial charge in [0.05, 0.1) is 23.4 Å². The summed E-state index contributed by atoms with van der Waals surface area (Å²) in [6.07, 6.45) is 0.479. The maximum atomic E-state index is 15.4. The SMILES string of the molecule is Cc1ccc(C(CCOC(C)(C)C)=C(F)B2OC(C)(C)C(C)(C)O2)s1. The second kappa shape index (κ2) is 7.14. The third-order valence-electron chi connectivity index (χ3n) is 4.67. The lowest BCUT2D eigenvalue weighted by molar-refractivity contribution is 0.000582. The largest absolute Gasteiger partial charge is 0.525 e. The van der Waals surface area contributed by atoms with Gasteiger partial charge in [0.15, 0.2) is 0 Å². The molecule has 0 radical (unpaired) electrons. The quantitative estimate of drug-likeness (QED) is 0.636. The molecule has 6 heteroatoms. The van der Waals surface area contributed by atoms with Gasteiger partial charge in [-0.3, -0.25) is 0 Å². The number of rotatable bonds is 5.